The van der Waals surface area contributed by atoms with Gasteiger partial charge in [-0.2, -0.15) is 40.4 Å². The number of carbonyl (C=O) groups excluding carboxylic acids is 5. The van der Waals surface area contributed by atoms with Crippen LogP contribution in [0.1, 0.15) is 66.5 Å². The van der Waals surface area contributed by atoms with Crippen LogP contribution in [0.3, 0.4) is 0 Å². The van der Waals surface area contributed by atoms with Gasteiger partial charge in [0.1, 0.15) is 57.2 Å². The minimum Gasteiger partial charge on any atom is -0.463 e. The monoisotopic (exact) mass is 1500 g/mol. The van der Waals surface area contributed by atoms with E-state index in [4.69, 9.17) is 10.5 Å². The van der Waals surface area contributed by atoms with Gasteiger partial charge in [0.05, 0.1) is 18.2 Å². The van der Waals surface area contributed by atoms with Gasteiger partial charge in [-0.3, -0.25) is 9.59 Å². The van der Waals surface area contributed by atoms with Crippen LogP contribution in [0.4, 0.5) is 62.3 Å². The van der Waals surface area contributed by atoms with Gasteiger partial charge in [-0.05, 0) is 127 Å². The van der Waals surface area contributed by atoms with Crippen molar-refractivity contribution in [1.82, 2.24) is 21.3 Å². The van der Waals surface area contributed by atoms with E-state index in [9.17, 15) is 77.5 Å². The molecule has 16 nitrogen and oxygen atoms in total. The molecule has 0 heterocycles. The number of amides is 4. The molecule has 9 aromatic rings. The number of benzene rings is 9. The summed E-state index contributed by atoms with van der Waals surface area (Å²) in [5.74, 6) is -8.38. The van der Waals surface area contributed by atoms with Crippen molar-refractivity contribution >= 4 is 48.4 Å². The van der Waals surface area contributed by atoms with Crippen LogP contribution in [0, 0.1) is 34.6 Å². The summed E-state index contributed by atoms with van der Waals surface area (Å²) >= 11 is 0. The molecule has 11 rings (SSSR count). The zero-order valence-electron chi connectivity index (χ0n) is 54.9. The standard InChI is InChI=1S/C35H26F6N3O3P.C29H24F6N2O5.C12H10.CH4.H2O3/c36-25-13-11-23(12-14-25)34(20-22-7-3-1-4-8-22,24-17-26(37)19-27(18-24)47-35(40,41)31(38)39)44-32(46)43-33(15-16-33)30(45)29(21-42)48-28-9-5-2-6-10-28;1-41-24(39)23(38)27(11-12-27)36-26(40)37-28(16-17-5-3-2-4-6-17,18-7-9-20(30)10-8-18)19-13-21(31)15-22(14-19)42-29(34,35)25(32)33;1-3-7-11(8-4-1)12-9-5-2-6-10-12;;1-3-2/h1-14,17-19,31H,15-16,20H2,(H2,43,44,46);2-10,13-15,25H,11-12,16H2,1H3,(H2,36,37,40);1-10H;1H4;1-2H/t34-;28-;;;/m11.../s1. The molecule has 0 spiro atoms. The molecule has 2 aliphatic carbocycles. The van der Waals surface area contributed by atoms with Gasteiger partial charge in [-0.25, -0.2) is 42.5 Å². The number of ether oxygens (including phenoxy) is 3. The normalized spacial score (nSPS) is 14.2. The molecule has 6 N–H and O–H groups in total. The van der Waals surface area contributed by atoms with Crippen LogP contribution in [-0.2, 0) is 48.1 Å². The van der Waals surface area contributed by atoms with E-state index in [2.05, 4.69) is 89.0 Å². The van der Waals surface area contributed by atoms with E-state index in [1.807, 2.05) is 18.2 Å². The molecule has 2 saturated carbocycles. The van der Waals surface area contributed by atoms with Crippen LogP contribution in [-0.4, -0.2) is 88.7 Å². The Kier molecular flexibility index (Phi) is 28.1. The summed E-state index contributed by atoms with van der Waals surface area (Å²) in [6.45, 7) is 0. The van der Waals surface area contributed by atoms with E-state index in [1.54, 1.807) is 91.0 Å². The molecule has 2 atom stereocenters. The molecule has 0 aromatic heterocycles. The predicted octanol–water partition coefficient (Wildman–Crippen LogP) is 16.3. The predicted molar refractivity (Wildman–Crippen MR) is 368 cm³/mol. The van der Waals surface area contributed by atoms with Crippen LogP contribution in [0.2, 0.25) is 0 Å². The lowest BCUT2D eigenvalue weighted by molar-refractivity contribution is -0.465. The number of esters is 1. The van der Waals surface area contributed by atoms with Crippen molar-refractivity contribution in [3.05, 3.63) is 293 Å². The Bertz CT molecular complexity index is 4480. The number of ketones is 2. The first kappa shape index (κ1) is 81.9. The summed E-state index contributed by atoms with van der Waals surface area (Å²) in [7, 11) is 1.33. The fraction of sp³-hybridized carbons (Fsp3) is 0.208. The number of halogens is 12. The molecule has 0 bridgehead atoms. The van der Waals surface area contributed by atoms with Gasteiger partial charge in [0.15, 0.2) is 0 Å². The topological polar surface area (TPSA) is 235 Å². The molecule has 4 amide bonds. The Morgan fingerprint density at radius 2 is 0.811 bits per heavy atom. The molecule has 0 aliphatic heterocycles. The number of hydrogen-bond donors (Lipinski definition) is 6. The van der Waals surface area contributed by atoms with Gasteiger partial charge in [0.2, 0.25) is 5.78 Å². The summed E-state index contributed by atoms with van der Waals surface area (Å²) in [5.41, 5.74) is -3.31. The van der Waals surface area contributed by atoms with E-state index in [0.717, 1.165) is 55.6 Å². The summed E-state index contributed by atoms with van der Waals surface area (Å²) in [6.07, 6.45) is -18.2. The number of nitriles is 1. The molecular weight excluding hydrogens is 1430 g/mol. The van der Waals surface area contributed by atoms with E-state index in [-0.39, 0.29) is 73.5 Å². The number of Topliss-reactive ketones (excluding diaryl/α,β-unsaturated/α-hetero) is 2. The van der Waals surface area contributed by atoms with Crippen LogP contribution in [0.5, 0.6) is 11.5 Å². The highest BCUT2D eigenvalue weighted by Crippen LogP contribution is 2.43. The summed E-state index contributed by atoms with van der Waals surface area (Å²) in [5, 5.41) is 36.4. The van der Waals surface area contributed by atoms with E-state index < -0.39 is 112 Å². The highest BCUT2D eigenvalue weighted by molar-refractivity contribution is 7.52. The maximum atomic E-state index is 15.1. The molecule has 0 radical (unpaired) electrons. The van der Waals surface area contributed by atoms with Crippen molar-refractivity contribution in [2.24, 2.45) is 0 Å². The van der Waals surface area contributed by atoms with E-state index >= 15 is 4.39 Å². The highest BCUT2D eigenvalue weighted by Gasteiger charge is 2.56. The fourth-order valence-corrected chi connectivity index (χ4v) is 12.0. The first-order valence-electron chi connectivity index (χ1n) is 31.4. The third-order valence-electron chi connectivity index (χ3n) is 16.3. The van der Waals surface area contributed by atoms with Gasteiger partial charge in [0, 0.05) is 30.3 Å². The second-order valence-electron chi connectivity index (χ2n) is 23.6. The first-order chi connectivity index (χ1) is 50.0. The quantitative estimate of drug-likeness (QED) is 0.00828. The molecule has 2 fully saturated rings. The maximum Gasteiger partial charge on any atom is 0.461 e. The smallest absolute Gasteiger partial charge is 0.461 e. The van der Waals surface area contributed by atoms with Gasteiger partial charge in [-0.15, -0.1) is 0 Å². The number of rotatable bonds is 24. The minimum absolute atomic E-state index is 0. The highest BCUT2D eigenvalue weighted by atomic mass is 31.1. The number of hydrogen-bond acceptors (Lipinski definition) is 12. The molecule has 106 heavy (non-hydrogen) atoms. The minimum atomic E-state index is -4.97. The van der Waals surface area contributed by atoms with Crippen LogP contribution in [0.25, 0.3) is 11.1 Å². The van der Waals surface area contributed by atoms with Crippen LogP contribution in [0.15, 0.2) is 237 Å². The SMILES string of the molecule is C.COC(=O)C(=O)C1(NC(=O)N[C@](Cc2ccccc2)(c2ccc(F)cc2)c2cc(F)cc(OC(F)(F)C(F)F)c2)CC1.N#CC(=Pc1ccccc1)C(=O)C1(NC(=O)N[C@](Cc2ccccc2)(c2ccc(F)cc2)c2cc(F)cc(OC(F)(F)C(F)F)c2)CC1.OOO.c1ccc(-c2ccccc2)cc1. The Morgan fingerprint density at radius 1 is 0.481 bits per heavy atom. The van der Waals surface area contributed by atoms with Crippen LogP contribution < -0.4 is 36.0 Å². The molecule has 9 aromatic carbocycles. The van der Waals surface area contributed by atoms with Crippen LogP contribution >= 0.6 is 8.20 Å². The zero-order chi connectivity index (χ0) is 76.2. The molecule has 0 saturated heterocycles. The van der Waals surface area contributed by atoms with Gasteiger partial charge in [-0.1, -0.05) is 188 Å². The zero-order valence-corrected chi connectivity index (χ0v) is 55.8. The Balaban J connectivity index is 0.000000246. The lowest BCUT2D eigenvalue weighted by Crippen LogP contribution is -2.57. The van der Waals surface area contributed by atoms with Crippen molar-refractivity contribution in [1.29, 1.82) is 5.26 Å². The number of alkyl halides is 8. The van der Waals surface area contributed by atoms with Gasteiger partial charge in [0.25, 0.3) is 5.78 Å². The number of methoxy groups -OCH3 is 1. The van der Waals surface area contributed by atoms with Gasteiger partial charge < -0.3 is 35.5 Å². The molecule has 0 unspecified atom stereocenters. The third-order valence-corrected chi connectivity index (χ3v) is 17.4. The van der Waals surface area contributed by atoms with Crippen molar-refractivity contribution in [3.8, 4) is 28.7 Å². The molecule has 554 valence electrons. The average molecular weight is 1500 g/mol. The fourth-order valence-electron chi connectivity index (χ4n) is 11.0. The molecular formula is C77H66F12N5O11P. The lowest BCUT2D eigenvalue weighted by Gasteiger charge is -2.37. The van der Waals surface area contributed by atoms with Crippen molar-refractivity contribution in [2.75, 3.05) is 7.11 Å². The number of nitrogens with one attached hydrogen (secondary N) is 4. The van der Waals surface area contributed by atoms with E-state index in [1.165, 1.54) is 35.4 Å². The second-order valence-corrected chi connectivity index (χ2v) is 24.8. The van der Waals surface area contributed by atoms with Crippen molar-refractivity contribution in [3.63, 3.8) is 0 Å². The van der Waals surface area contributed by atoms with E-state index in [0.29, 0.717) is 36.8 Å². The Hall–Kier alpha value is -11.4. The Morgan fingerprint density at radius 3 is 1.13 bits per heavy atom. The lowest BCUT2D eigenvalue weighted by atomic mass is 9.77. The summed E-state index contributed by atoms with van der Waals surface area (Å²) in [6, 6.07) is 59.9. The van der Waals surface area contributed by atoms with Crippen molar-refractivity contribution < 1.29 is 106 Å². The largest absolute Gasteiger partial charge is 0.463 e. The Labute approximate surface area is 601 Å². The summed E-state index contributed by atoms with van der Waals surface area (Å²) < 4.78 is 178. The number of carbonyl (C=O) groups is 5. The number of nitrogens with zero attached hydrogens (tertiary/aromatic N) is 1. The molecule has 2 aliphatic rings. The summed E-state index contributed by atoms with van der Waals surface area (Å²) in [4.78, 5) is 65.3. The maximum absolute atomic E-state index is 15.1. The first-order valence-corrected chi connectivity index (χ1v) is 32.3. The third kappa shape index (κ3) is 21.4. The average Bonchev–Trinajstić information content (AvgIpc) is 1.38. The van der Waals surface area contributed by atoms with Gasteiger partial charge >= 0.3 is 43.1 Å². The molecule has 29 heteroatoms. The number of urea groups is 2. The second kappa shape index (κ2) is 36.4. The van der Waals surface area contributed by atoms with Crippen molar-refractivity contribution in [2.45, 2.75) is 93.2 Å².